The van der Waals surface area contributed by atoms with Crippen LogP contribution in [0.15, 0.2) is 30.6 Å². The molecule has 2 rings (SSSR count). The largest absolute Gasteiger partial charge is 0.417 e. The molecule has 11 heteroatoms. The van der Waals surface area contributed by atoms with Crippen molar-refractivity contribution in [1.29, 1.82) is 0 Å². The van der Waals surface area contributed by atoms with Gasteiger partial charge in [-0.25, -0.2) is 4.98 Å². The highest BCUT2D eigenvalue weighted by Crippen LogP contribution is 2.28. The average Bonchev–Trinajstić information content (AvgIpc) is 2.58. The molecule has 0 radical (unpaired) electrons. The van der Waals surface area contributed by atoms with Crippen LogP contribution in [0.3, 0.4) is 0 Å². The molecule has 8 nitrogen and oxygen atoms in total. The van der Waals surface area contributed by atoms with E-state index in [2.05, 4.69) is 20.6 Å². The monoisotopic (exact) mass is 369 g/mol. The second kappa shape index (κ2) is 7.76. The first-order chi connectivity index (χ1) is 12.2. The fraction of sp³-hybridized carbons (Fsp3) is 0.267. The van der Waals surface area contributed by atoms with E-state index in [1.807, 2.05) is 0 Å². The molecule has 0 aliphatic rings. The number of carbonyl (C=O) groups is 1. The Morgan fingerprint density at radius 3 is 2.54 bits per heavy atom. The van der Waals surface area contributed by atoms with E-state index in [-0.39, 0.29) is 30.2 Å². The van der Waals surface area contributed by atoms with Crippen LogP contribution in [-0.2, 0) is 6.18 Å². The van der Waals surface area contributed by atoms with Crippen LogP contribution >= 0.6 is 0 Å². The minimum absolute atomic E-state index is 0.0758. The minimum atomic E-state index is -4.45. The fourth-order valence-electron chi connectivity index (χ4n) is 1.98. The first-order valence-corrected chi connectivity index (χ1v) is 7.35. The Morgan fingerprint density at radius 2 is 1.96 bits per heavy atom. The first kappa shape index (κ1) is 19.1. The SMILES string of the molecule is Cc1ncc([N+](=O)[O-])cc1C(=O)NCCNc1ccc(C(F)(F)F)cn1. The van der Waals surface area contributed by atoms with Crippen LogP contribution in [0.1, 0.15) is 21.6 Å². The lowest BCUT2D eigenvalue weighted by atomic mass is 10.2. The van der Waals surface area contributed by atoms with Gasteiger partial charge in [0.2, 0.25) is 0 Å². The molecule has 0 aromatic carbocycles. The number of halogens is 3. The number of alkyl halides is 3. The van der Waals surface area contributed by atoms with E-state index in [1.165, 1.54) is 6.07 Å². The molecule has 0 aliphatic heterocycles. The maximum Gasteiger partial charge on any atom is 0.417 e. The predicted octanol–water partition coefficient (Wildman–Crippen LogP) is 2.55. The van der Waals surface area contributed by atoms with Gasteiger partial charge in [-0.2, -0.15) is 13.2 Å². The van der Waals surface area contributed by atoms with E-state index >= 15 is 0 Å². The summed E-state index contributed by atoms with van der Waals surface area (Å²) in [5.74, 6) is -0.318. The van der Waals surface area contributed by atoms with Crippen molar-refractivity contribution in [2.24, 2.45) is 0 Å². The zero-order chi connectivity index (χ0) is 19.3. The van der Waals surface area contributed by atoms with E-state index in [0.29, 0.717) is 11.9 Å². The number of aromatic nitrogens is 2. The number of aryl methyl sites for hydroxylation is 1. The number of nitrogens with zero attached hydrogens (tertiary/aromatic N) is 3. The van der Waals surface area contributed by atoms with Gasteiger partial charge in [0.1, 0.15) is 12.0 Å². The molecule has 0 unspecified atom stereocenters. The number of nitrogens with one attached hydrogen (secondary N) is 2. The van der Waals surface area contributed by atoms with Gasteiger partial charge < -0.3 is 10.6 Å². The lowest BCUT2D eigenvalue weighted by Crippen LogP contribution is -2.29. The van der Waals surface area contributed by atoms with Gasteiger partial charge in [-0.15, -0.1) is 0 Å². The molecule has 0 saturated carbocycles. The Bertz CT molecular complexity index is 809. The summed E-state index contributed by atoms with van der Waals surface area (Å²) in [5.41, 5.74) is -0.741. The van der Waals surface area contributed by atoms with Gasteiger partial charge in [-0.3, -0.25) is 19.9 Å². The standard InChI is InChI=1S/C15H14F3N5O3/c1-9-12(6-11(8-21-9)23(25)26)14(24)20-5-4-19-13-3-2-10(7-22-13)15(16,17)18/h2-3,6-8H,4-5H2,1H3,(H,19,22)(H,20,24). The maximum atomic E-state index is 12.4. The van der Waals surface area contributed by atoms with Crippen molar-refractivity contribution in [3.8, 4) is 0 Å². The zero-order valence-corrected chi connectivity index (χ0v) is 13.5. The Balaban J connectivity index is 1.87. The van der Waals surface area contributed by atoms with Gasteiger partial charge >= 0.3 is 6.18 Å². The Kier molecular flexibility index (Phi) is 5.70. The summed E-state index contributed by atoms with van der Waals surface area (Å²) >= 11 is 0. The summed E-state index contributed by atoms with van der Waals surface area (Å²) in [6.07, 6.45) is -2.69. The smallest absolute Gasteiger partial charge is 0.368 e. The average molecular weight is 369 g/mol. The van der Waals surface area contributed by atoms with Crippen LogP contribution in [0.5, 0.6) is 0 Å². The molecule has 2 aromatic rings. The lowest BCUT2D eigenvalue weighted by Gasteiger charge is -2.10. The number of anilines is 1. The molecule has 2 heterocycles. The molecule has 0 aliphatic carbocycles. The maximum absolute atomic E-state index is 12.4. The molecule has 0 atom stereocenters. The highest BCUT2D eigenvalue weighted by molar-refractivity contribution is 5.95. The number of nitro groups is 1. The highest BCUT2D eigenvalue weighted by Gasteiger charge is 2.30. The second-order valence-corrected chi connectivity index (χ2v) is 5.20. The Labute approximate surface area is 145 Å². The number of hydrogen-bond donors (Lipinski definition) is 2. The molecular formula is C15H14F3N5O3. The first-order valence-electron chi connectivity index (χ1n) is 7.35. The molecule has 0 saturated heterocycles. The van der Waals surface area contributed by atoms with Crippen molar-refractivity contribution >= 4 is 17.4 Å². The normalized spacial score (nSPS) is 11.1. The number of carbonyl (C=O) groups excluding carboxylic acids is 1. The van der Waals surface area contributed by atoms with Gasteiger partial charge in [-0.05, 0) is 19.1 Å². The third-order valence-corrected chi connectivity index (χ3v) is 3.34. The zero-order valence-electron chi connectivity index (χ0n) is 13.5. The topological polar surface area (TPSA) is 110 Å². The second-order valence-electron chi connectivity index (χ2n) is 5.20. The molecule has 0 bridgehead atoms. The van der Waals surface area contributed by atoms with Crippen LogP contribution in [0, 0.1) is 17.0 Å². The molecule has 2 aromatic heterocycles. The number of amides is 1. The van der Waals surface area contributed by atoms with Crippen LogP contribution in [0.25, 0.3) is 0 Å². The molecule has 0 fully saturated rings. The summed E-state index contributed by atoms with van der Waals surface area (Å²) < 4.78 is 37.3. The van der Waals surface area contributed by atoms with Gasteiger partial charge in [0, 0.05) is 25.4 Å². The Morgan fingerprint density at radius 1 is 1.23 bits per heavy atom. The number of pyridine rings is 2. The number of rotatable bonds is 6. The summed E-state index contributed by atoms with van der Waals surface area (Å²) in [4.78, 5) is 29.6. The van der Waals surface area contributed by atoms with E-state index in [0.717, 1.165) is 18.3 Å². The third kappa shape index (κ3) is 4.88. The minimum Gasteiger partial charge on any atom is -0.368 e. The Hall–Kier alpha value is -3.24. The van der Waals surface area contributed by atoms with Crippen molar-refractivity contribution in [3.05, 3.63) is 57.5 Å². The van der Waals surface area contributed by atoms with Gasteiger partial charge in [0.25, 0.3) is 11.6 Å². The van der Waals surface area contributed by atoms with Crippen LogP contribution in [0.2, 0.25) is 0 Å². The molecule has 26 heavy (non-hydrogen) atoms. The van der Waals surface area contributed by atoms with Crippen LogP contribution < -0.4 is 10.6 Å². The van der Waals surface area contributed by atoms with E-state index in [9.17, 15) is 28.1 Å². The van der Waals surface area contributed by atoms with Crippen LogP contribution in [-0.4, -0.2) is 33.9 Å². The predicted molar refractivity (Wildman–Crippen MR) is 85.7 cm³/mol. The molecule has 1 amide bonds. The van der Waals surface area contributed by atoms with Crippen molar-refractivity contribution in [1.82, 2.24) is 15.3 Å². The molecule has 138 valence electrons. The van der Waals surface area contributed by atoms with Gasteiger partial charge in [0.15, 0.2) is 0 Å². The summed E-state index contributed by atoms with van der Waals surface area (Å²) in [6, 6.07) is 3.20. The molecular weight excluding hydrogens is 355 g/mol. The summed E-state index contributed by atoms with van der Waals surface area (Å²) in [7, 11) is 0. The van der Waals surface area contributed by atoms with Crippen molar-refractivity contribution in [3.63, 3.8) is 0 Å². The van der Waals surface area contributed by atoms with Crippen molar-refractivity contribution in [2.45, 2.75) is 13.1 Å². The van der Waals surface area contributed by atoms with Crippen molar-refractivity contribution in [2.75, 3.05) is 18.4 Å². The van der Waals surface area contributed by atoms with Gasteiger partial charge in [-0.1, -0.05) is 0 Å². The fourth-order valence-corrected chi connectivity index (χ4v) is 1.98. The summed E-state index contributed by atoms with van der Waals surface area (Å²) in [5, 5.41) is 16.0. The number of hydrogen-bond acceptors (Lipinski definition) is 6. The quantitative estimate of drug-likeness (QED) is 0.460. The highest BCUT2D eigenvalue weighted by atomic mass is 19.4. The van der Waals surface area contributed by atoms with E-state index < -0.39 is 22.6 Å². The van der Waals surface area contributed by atoms with E-state index in [4.69, 9.17) is 0 Å². The van der Waals surface area contributed by atoms with Crippen LogP contribution in [0.4, 0.5) is 24.7 Å². The van der Waals surface area contributed by atoms with Gasteiger partial charge in [0.05, 0.1) is 21.7 Å². The lowest BCUT2D eigenvalue weighted by molar-refractivity contribution is -0.385. The summed E-state index contributed by atoms with van der Waals surface area (Å²) in [6.45, 7) is 1.87. The van der Waals surface area contributed by atoms with Crippen molar-refractivity contribution < 1.29 is 22.9 Å². The van der Waals surface area contributed by atoms with E-state index in [1.54, 1.807) is 6.92 Å². The molecule has 2 N–H and O–H groups in total. The third-order valence-electron chi connectivity index (χ3n) is 3.34. The molecule has 0 spiro atoms.